The van der Waals surface area contributed by atoms with Crippen LogP contribution in [0.4, 0.5) is 0 Å². The van der Waals surface area contributed by atoms with Gasteiger partial charge in [-0.2, -0.15) is 0 Å². The Hall–Kier alpha value is -0.370. The minimum Gasteiger partial charge on any atom is -0.396 e. The van der Waals surface area contributed by atoms with E-state index in [1.54, 1.807) is 0 Å². The molecule has 0 aromatic heterocycles. The first-order valence-corrected chi connectivity index (χ1v) is 7.93. The van der Waals surface area contributed by atoms with Gasteiger partial charge >= 0.3 is 0 Å². The Labute approximate surface area is 113 Å². The van der Waals surface area contributed by atoms with Crippen LogP contribution >= 0.6 is 0 Å². The third-order valence-corrected chi connectivity index (χ3v) is 3.45. The highest BCUT2D eigenvalue weighted by Gasteiger charge is 2.00. The molecule has 0 bridgehead atoms. The van der Waals surface area contributed by atoms with Crippen molar-refractivity contribution >= 4 is 5.78 Å². The molecule has 0 saturated carbocycles. The first kappa shape index (κ1) is 17.6. The highest BCUT2D eigenvalue weighted by molar-refractivity contribution is 5.78. The van der Waals surface area contributed by atoms with Gasteiger partial charge in [-0.3, -0.25) is 4.79 Å². The van der Waals surface area contributed by atoms with Crippen molar-refractivity contribution in [2.45, 2.75) is 90.4 Å². The summed E-state index contributed by atoms with van der Waals surface area (Å²) in [6.45, 7) is 2.27. The Balaban J connectivity index is 3.01. The van der Waals surface area contributed by atoms with E-state index in [1.807, 2.05) is 0 Å². The summed E-state index contributed by atoms with van der Waals surface area (Å²) >= 11 is 0. The molecule has 0 aliphatic carbocycles. The number of Topliss-reactive ketones (excluding diaryl/α,β-unsaturated/α-hetero) is 1. The van der Waals surface area contributed by atoms with Crippen LogP contribution in [0, 0.1) is 0 Å². The third kappa shape index (κ3) is 13.7. The van der Waals surface area contributed by atoms with Crippen LogP contribution in [0.3, 0.4) is 0 Å². The predicted octanol–water partition coefficient (Wildman–Crippen LogP) is 4.64. The van der Waals surface area contributed by atoms with Crippen LogP contribution in [-0.2, 0) is 4.79 Å². The first-order valence-electron chi connectivity index (χ1n) is 7.93. The summed E-state index contributed by atoms with van der Waals surface area (Å²) < 4.78 is 0. The number of unbranched alkanes of at least 4 members (excludes halogenated alkanes) is 10. The van der Waals surface area contributed by atoms with Crippen molar-refractivity contribution in [3.05, 3.63) is 0 Å². The number of rotatable bonds is 14. The average molecular weight is 256 g/mol. The SMILES string of the molecule is CCCCCCCCCCCCCC(=O)CCO. The second kappa shape index (κ2) is 14.7. The van der Waals surface area contributed by atoms with Gasteiger partial charge in [0.1, 0.15) is 5.78 Å². The lowest BCUT2D eigenvalue weighted by Crippen LogP contribution is -2.00. The number of aliphatic hydroxyl groups excluding tert-OH is 1. The number of hydrogen-bond acceptors (Lipinski definition) is 2. The summed E-state index contributed by atoms with van der Waals surface area (Å²) in [5, 5.41) is 8.59. The first-order chi connectivity index (χ1) is 8.81. The van der Waals surface area contributed by atoms with E-state index >= 15 is 0 Å². The van der Waals surface area contributed by atoms with Gasteiger partial charge < -0.3 is 5.11 Å². The molecule has 2 heteroatoms. The Morgan fingerprint density at radius 3 is 1.61 bits per heavy atom. The lowest BCUT2D eigenvalue weighted by molar-refractivity contribution is -0.119. The Bertz CT molecular complexity index is 178. The van der Waals surface area contributed by atoms with E-state index in [4.69, 9.17) is 5.11 Å². The van der Waals surface area contributed by atoms with Crippen LogP contribution in [0.5, 0.6) is 0 Å². The monoisotopic (exact) mass is 256 g/mol. The molecule has 2 nitrogen and oxygen atoms in total. The second-order valence-corrected chi connectivity index (χ2v) is 5.30. The van der Waals surface area contributed by atoms with Crippen LogP contribution in [-0.4, -0.2) is 17.5 Å². The van der Waals surface area contributed by atoms with Gasteiger partial charge in [0.2, 0.25) is 0 Å². The van der Waals surface area contributed by atoms with Crippen molar-refractivity contribution in [2.24, 2.45) is 0 Å². The molecule has 0 amide bonds. The molecule has 0 aliphatic heterocycles. The normalized spacial score (nSPS) is 10.8. The van der Waals surface area contributed by atoms with E-state index in [0.717, 1.165) is 6.42 Å². The fourth-order valence-corrected chi connectivity index (χ4v) is 2.24. The van der Waals surface area contributed by atoms with Gasteiger partial charge in [-0.1, -0.05) is 71.1 Å². The fraction of sp³-hybridized carbons (Fsp3) is 0.938. The molecular formula is C16H32O2. The van der Waals surface area contributed by atoms with E-state index in [9.17, 15) is 4.79 Å². The summed E-state index contributed by atoms with van der Waals surface area (Å²) in [6.07, 6.45) is 15.4. The van der Waals surface area contributed by atoms with Crippen molar-refractivity contribution in [3.63, 3.8) is 0 Å². The number of hydrogen-bond donors (Lipinski definition) is 1. The van der Waals surface area contributed by atoms with E-state index in [1.165, 1.54) is 64.2 Å². The molecule has 0 rings (SSSR count). The number of aliphatic hydroxyl groups is 1. The van der Waals surface area contributed by atoms with Crippen molar-refractivity contribution in [1.82, 2.24) is 0 Å². The van der Waals surface area contributed by atoms with Crippen molar-refractivity contribution in [3.8, 4) is 0 Å². The number of ketones is 1. The standard InChI is InChI=1S/C16H32O2/c1-2-3-4-5-6-7-8-9-10-11-12-13-16(18)14-15-17/h17H,2-15H2,1H3. The topological polar surface area (TPSA) is 37.3 Å². The molecule has 0 fully saturated rings. The number of carbonyl (C=O) groups is 1. The van der Waals surface area contributed by atoms with Gasteiger partial charge in [0.05, 0.1) is 0 Å². The molecule has 1 N–H and O–H groups in total. The Morgan fingerprint density at radius 1 is 0.722 bits per heavy atom. The molecule has 0 heterocycles. The largest absolute Gasteiger partial charge is 0.396 e. The van der Waals surface area contributed by atoms with Crippen LogP contribution in [0.15, 0.2) is 0 Å². The molecule has 108 valence electrons. The quantitative estimate of drug-likeness (QED) is 0.460. The smallest absolute Gasteiger partial charge is 0.135 e. The Kier molecular flexibility index (Phi) is 14.4. The van der Waals surface area contributed by atoms with Crippen LogP contribution in [0.25, 0.3) is 0 Å². The Morgan fingerprint density at radius 2 is 1.17 bits per heavy atom. The maximum absolute atomic E-state index is 11.1. The highest BCUT2D eigenvalue weighted by atomic mass is 16.3. The molecule has 0 unspecified atom stereocenters. The van der Waals surface area contributed by atoms with E-state index in [0.29, 0.717) is 12.8 Å². The predicted molar refractivity (Wildman–Crippen MR) is 77.8 cm³/mol. The lowest BCUT2D eigenvalue weighted by atomic mass is 10.0. The maximum Gasteiger partial charge on any atom is 0.135 e. The third-order valence-electron chi connectivity index (χ3n) is 3.45. The van der Waals surface area contributed by atoms with Gasteiger partial charge in [-0.05, 0) is 6.42 Å². The van der Waals surface area contributed by atoms with Crippen LogP contribution < -0.4 is 0 Å². The molecule has 0 aromatic carbocycles. The fourth-order valence-electron chi connectivity index (χ4n) is 2.24. The molecule has 0 atom stereocenters. The van der Waals surface area contributed by atoms with Crippen LogP contribution in [0.1, 0.15) is 90.4 Å². The molecular weight excluding hydrogens is 224 g/mol. The molecule has 0 aromatic rings. The average Bonchev–Trinajstić information content (AvgIpc) is 2.36. The number of carbonyl (C=O) groups excluding carboxylic acids is 1. The van der Waals surface area contributed by atoms with Crippen molar-refractivity contribution < 1.29 is 9.90 Å². The summed E-state index contributed by atoms with van der Waals surface area (Å²) in [7, 11) is 0. The maximum atomic E-state index is 11.1. The minimum atomic E-state index is 0.0108. The lowest BCUT2D eigenvalue weighted by Gasteiger charge is -2.02. The molecule has 0 spiro atoms. The van der Waals surface area contributed by atoms with Gasteiger partial charge in [0.25, 0.3) is 0 Å². The van der Waals surface area contributed by atoms with E-state index in [2.05, 4.69) is 6.92 Å². The van der Waals surface area contributed by atoms with Gasteiger partial charge in [0.15, 0.2) is 0 Å². The van der Waals surface area contributed by atoms with Gasteiger partial charge in [0, 0.05) is 19.4 Å². The summed E-state index contributed by atoms with van der Waals surface area (Å²) in [6, 6.07) is 0. The second-order valence-electron chi connectivity index (χ2n) is 5.30. The van der Waals surface area contributed by atoms with Gasteiger partial charge in [-0.25, -0.2) is 0 Å². The highest BCUT2D eigenvalue weighted by Crippen LogP contribution is 2.12. The van der Waals surface area contributed by atoms with Crippen molar-refractivity contribution in [1.29, 1.82) is 0 Å². The molecule has 0 saturated heterocycles. The van der Waals surface area contributed by atoms with Crippen LogP contribution in [0.2, 0.25) is 0 Å². The van der Waals surface area contributed by atoms with Gasteiger partial charge in [-0.15, -0.1) is 0 Å². The summed E-state index contributed by atoms with van der Waals surface area (Å²) in [4.78, 5) is 11.1. The molecule has 0 aliphatic rings. The molecule has 18 heavy (non-hydrogen) atoms. The summed E-state index contributed by atoms with van der Waals surface area (Å²) in [5.74, 6) is 0.216. The van der Waals surface area contributed by atoms with Crippen molar-refractivity contribution in [2.75, 3.05) is 6.61 Å². The van der Waals surface area contributed by atoms with E-state index in [-0.39, 0.29) is 12.4 Å². The zero-order valence-corrected chi connectivity index (χ0v) is 12.3. The minimum absolute atomic E-state index is 0.0108. The van der Waals surface area contributed by atoms with E-state index < -0.39 is 0 Å². The zero-order valence-electron chi connectivity index (χ0n) is 12.3. The summed E-state index contributed by atoms with van der Waals surface area (Å²) in [5.41, 5.74) is 0. The zero-order chi connectivity index (χ0) is 13.5. The molecule has 0 radical (unpaired) electrons.